The quantitative estimate of drug-likeness (QED) is 0.633. The van der Waals surface area contributed by atoms with E-state index in [2.05, 4.69) is 20.8 Å². The van der Waals surface area contributed by atoms with E-state index < -0.39 is 5.97 Å². The van der Waals surface area contributed by atoms with Crippen LogP contribution in [0, 0.1) is 11.3 Å². The van der Waals surface area contributed by atoms with Gasteiger partial charge in [0.05, 0.1) is 0 Å². The molecule has 0 aliphatic heterocycles. The van der Waals surface area contributed by atoms with Crippen molar-refractivity contribution in [1.29, 1.82) is 0 Å². The molecule has 0 saturated heterocycles. The number of carbonyl (C=O) groups is 1. The average molecular weight is 182 g/mol. The van der Waals surface area contributed by atoms with E-state index in [0.29, 0.717) is 5.92 Å². The zero-order valence-electron chi connectivity index (χ0n) is 8.63. The molecule has 0 aromatic rings. The minimum atomic E-state index is -0.806. The fraction of sp³-hybridized carbons (Fsp3) is 0.727. The van der Waals surface area contributed by atoms with Gasteiger partial charge < -0.3 is 5.11 Å². The predicted octanol–water partition coefficient (Wildman–Crippen LogP) is 2.84. The summed E-state index contributed by atoms with van der Waals surface area (Å²) in [6.07, 6.45) is 4.47. The van der Waals surface area contributed by atoms with Crippen LogP contribution in [0.2, 0.25) is 0 Å². The van der Waals surface area contributed by atoms with Crippen molar-refractivity contribution < 1.29 is 9.90 Å². The van der Waals surface area contributed by atoms with Crippen molar-refractivity contribution in [2.75, 3.05) is 0 Å². The highest BCUT2D eigenvalue weighted by Crippen LogP contribution is 2.41. The summed E-state index contributed by atoms with van der Waals surface area (Å²) in [6.45, 7) is 6.60. The smallest absolute Gasteiger partial charge is 0.328 e. The number of carboxylic acid groups (broad SMARTS) is 1. The number of hydrogen-bond donors (Lipinski definition) is 1. The fourth-order valence-corrected chi connectivity index (χ4v) is 2.51. The number of aliphatic carboxylic acids is 1. The van der Waals surface area contributed by atoms with E-state index >= 15 is 0 Å². The first kappa shape index (κ1) is 10.3. The Kier molecular flexibility index (Phi) is 2.79. The lowest BCUT2D eigenvalue weighted by Gasteiger charge is -2.35. The highest BCUT2D eigenvalue weighted by Gasteiger charge is 2.28. The van der Waals surface area contributed by atoms with Gasteiger partial charge >= 0.3 is 5.97 Å². The number of hydrogen-bond acceptors (Lipinski definition) is 1. The Labute approximate surface area is 79.6 Å². The maximum Gasteiger partial charge on any atom is 0.328 e. The third kappa shape index (κ3) is 3.21. The van der Waals surface area contributed by atoms with Crippen molar-refractivity contribution in [1.82, 2.24) is 0 Å². The summed E-state index contributed by atoms with van der Waals surface area (Å²) in [5.74, 6) is -0.186. The normalized spacial score (nSPS) is 30.4. The van der Waals surface area contributed by atoms with Crippen LogP contribution >= 0.6 is 0 Å². The minimum absolute atomic E-state index is 0.277. The molecule has 1 unspecified atom stereocenters. The van der Waals surface area contributed by atoms with Gasteiger partial charge in [0.2, 0.25) is 0 Å². The molecule has 1 atom stereocenters. The van der Waals surface area contributed by atoms with Crippen molar-refractivity contribution in [2.45, 2.75) is 40.0 Å². The van der Waals surface area contributed by atoms with Gasteiger partial charge in [-0.05, 0) is 30.6 Å². The van der Waals surface area contributed by atoms with Gasteiger partial charge in [0.1, 0.15) is 0 Å². The van der Waals surface area contributed by atoms with E-state index in [4.69, 9.17) is 5.11 Å². The molecule has 13 heavy (non-hydrogen) atoms. The molecular weight excluding hydrogens is 164 g/mol. The summed E-state index contributed by atoms with van der Waals surface area (Å²) >= 11 is 0. The van der Waals surface area contributed by atoms with Crippen molar-refractivity contribution in [3.05, 3.63) is 11.6 Å². The maximum atomic E-state index is 10.5. The lowest BCUT2D eigenvalue weighted by molar-refractivity contribution is -0.131. The molecule has 1 aliphatic carbocycles. The molecule has 1 aliphatic rings. The second-order valence-corrected chi connectivity index (χ2v) is 5.00. The van der Waals surface area contributed by atoms with Gasteiger partial charge in [-0.1, -0.05) is 26.3 Å². The molecule has 0 heterocycles. The van der Waals surface area contributed by atoms with Crippen molar-refractivity contribution >= 4 is 5.97 Å². The van der Waals surface area contributed by atoms with Gasteiger partial charge in [-0.25, -0.2) is 4.79 Å². The van der Waals surface area contributed by atoms with Crippen LogP contribution < -0.4 is 0 Å². The third-order valence-corrected chi connectivity index (χ3v) is 2.54. The SMILES string of the molecule is CC1C/C(=C/C(=O)O)CC(C)(C)C1. The summed E-state index contributed by atoms with van der Waals surface area (Å²) in [5, 5.41) is 8.65. The largest absolute Gasteiger partial charge is 0.478 e. The lowest BCUT2D eigenvalue weighted by atomic mass is 9.70. The molecule has 1 N–H and O–H groups in total. The molecule has 0 radical (unpaired) electrons. The van der Waals surface area contributed by atoms with Gasteiger partial charge in [0.25, 0.3) is 0 Å². The summed E-state index contributed by atoms with van der Waals surface area (Å²) in [4.78, 5) is 10.5. The van der Waals surface area contributed by atoms with Crippen LogP contribution in [0.1, 0.15) is 40.0 Å². The molecule has 0 spiro atoms. The molecular formula is C11H18O2. The Morgan fingerprint density at radius 3 is 2.69 bits per heavy atom. The van der Waals surface area contributed by atoms with Crippen LogP contribution in [-0.4, -0.2) is 11.1 Å². The van der Waals surface area contributed by atoms with Crippen LogP contribution in [0.4, 0.5) is 0 Å². The molecule has 0 bridgehead atoms. The Hall–Kier alpha value is -0.790. The Balaban J connectivity index is 2.74. The first-order chi connectivity index (χ1) is 5.89. The summed E-state index contributed by atoms with van der Waals surface area (Å²) in [5.41, 5.74) is 1.37. The number of rotatable bonds is 1. The third-order valence-electron chi connectivity index (χ3n) is 2.54. The molecule has 1 rings (SSSR count). The van der Waals surface area contributed by atoms with Gasteiger partial charge in [0, 0.05) is 6.08 Å². The molecule has 0 amide bonds. The molecule has 0 aromatic carbocycles. The van der Waals surface area contributed by atoms with Gasteiger partial charge in [-0.3, -0.25) is 0 Å². The standard InChI is InChI=1S/C11H18O2/c1-8-4-9(5-10(12)13)7-11(2,3)6-8/h5,8H,4,6-7H2,1-3H3,(H,12,13)/b9-5-. The van der Waals surface area contributed by atoms with Gasteiger partial charge in [0.15, 0.2) is 0 Å². The van der Waals surface area contributed by atoms with Crippen molar-refractivity contribution in [2.24, 2.45) is 11.3 Å². The van der Waals surface area contributed by atoms with Crippen LogP contribution in [0.25, 0.3) is 0 Å². The maximum absolute atomic E-state index is 10.5. The Morgan fingerprint density at radius 1 is 1.62 bits per heavy atom. The molecule has 74 valence electrons. The Bertz CT molecular complexity index is 238. The highest BCUT2D eigenvalue weighted by molar-refractivity contribution is 5.80. The van der Waals surface area contributed by atoms with Crippen LogP contribution in [-0.2, 0) is 4.79 Å². The average Bonchev–Trinajstić information content (AvgIpc) is 1.78. The fourth-order valence-electron chi connectivity index (χ4n) is 2.51. The predicted molar refractivity (Wildman–Crippen MR) is 52.5 cm³/mol. The molecule has 0 aromatic heterocycles. The number of carboxylic acids is 1. The van der Waals surface area contributed by atoms with Crippen molar-refractivity contribution in [3.63, 3.8) is 0 Å². The first-order valence-corrected chi connectivity index (χ1v) is 4.81. The zero-order valence-corrected chi connectivity index (χ0v) is 8.63. The van der Waals surface area contributed by atoms with Crippen LogP contribution in [0.15, 0.2) is 11.6 Å². The monoisotopic (exact) mass is 182 g/mol. The van der Waals surface area contributed by atoms with Gasteiger partial charge in [-0.15, -0.1) is 0 Å². The van der Waals surface area contributed by atoms with E-state index in [1.165, 1.54) is 12.5 Å². The first-order valence-electron chi connectivity index (χ1n) is 4.81. The molecule has 2 heteroatoms. The lowest BCUT2D eigenvalue weighted by Crippen LogP contribution is -2.23. The van der Waals surface area contributed by atoms with Crippen molar-refractivity contribution in [3.8, 4) is 0 Å². The minimum Gasteiger partial charge on any atom is -0.478 e. The molecule has 2 nitrogen and oxygen atoms in total. The van der Waals surface area contributed by atoms with E-state index in [0.717, 1.165) is 18.4 Å². The zero-order chi connectivity index (χ0) is 10.1. The van der Waals surface area contributed by atoms with E-state index in [1.807, 2.05) is 0 Å². The van der Waals surface area contributed by atoms with E-state index in [9.17, 15) is 4.79 Å². The van der Waals surface area contributed by atoms with Gasteiger partial charge in [-0.2, -0.15) is 0 Å². The van der Waals surface area contributed by atoms with Crippen LogP contribution in [0.3, 0.4) is 0 Å². The van der Waals surface area contributed by atoms with E-state index in [1.54, 1.807) is 0 Å². The second-order valence-electron chi connectivity index (χ2n) is 5.00. The molecule has 1 saturated carbocycles. The topological polar surface area (TPSA) is 37.3 Å². The summed E-state index contributed by atoms with van der Waals surface area (Å²) in [7, 11) is 0. The van der Waals surface area contributed by atoms with Crippen LogP contribution in [0.5, 0.6) is 0 Å². The molecule has 1 fully saturated rings. The highest BCUT2D eigenvalue weighted by atomic mass is 16.4. The van der Waals surface area contributed by atoms with E-state index in [-0.39, 0.29) is 5.41 Å². The Morgan fingerprint density at radius 2 is 2.23 bits per heavy atom. The number of allylic oxidation sites excluding steroid dienone is 1. The summed E-state index contributed by atoms with van der Waals surface area (Å²) in [6, 6.07) is 0. The summed E-state index contributed by atoms with van der Waals surface area (Å²) < 4.78 is 0. The second kappa shape index (κ2) is 3.52.